The number of carbonyl (C=O) groups is 1. The lowest BCUT2D eigenvalue weighted by Crippen LogP contribution is -2.48. The monoisotopic (exact) mass is 376 g/mol. The van der Waals surface area contributed by atoms with E-state index in [1.807, 2.05) is 30.6 Å². The molecule has 2 unspecified atom stereocenters. The molecule has 2 aliphatic rings. The summed E-state index contributed by atoms with van der Waals surface area (Å²) in [7, 11) is 3.95. The number of carbonyl (C=O) groups excluding carboxylic acids is 1. The van der Waals surface area contributed by atoms with E-state index < -0.39 is 0 Å². The number of nitrogens with one attached hydrogen (secondary N) is 1. The Kier molecular flexibility index (Phi) is 7.57. The van der Waals surface area contributed by atoms with Gasteiger partial charge in [-0.05, 0) is 51.5 Å². The zero-order valence-electron chi connectivity index (χ0n) is 15.0. The summed E-state index contributed by atoms with van der Waals surface area (Å²) in [6, 6.07) is 1.67. The van der Waals surface area contributed by atoms with Crippen LogP contribution in [0.15, 0.2) is 0 Å². The molecular formula is C17H30Cl2N4O. The van der Waals surface area contributed by atoms with Crippen LogP contribution in [0.2, 0.25) is 0 Å². The minimum Gasteiger partial charge on any atom is -0.343 e. The van der Waals surface area contributed by atoms with Gasteiger partial charge in [-0.15, -0.1) is 24.8 Å². The highest BCUT2D eigenvalue weighted by molar-refractivity contribution is 5.85. The largest absolute Gasteiger partial charge is 0.343 e. The Morgan fingerprint density at radius 1 is 1.25 bits per heavy atom. The van der Waals surface area contributed by atoms with E-state index in [1.165, 1.54) is 24.1 Å². The fraction of sp³-hybridized carbons (Fsp3) is 0.765. The molecule has 0 radical (unpaired) electrons. The number of aryl methyl sites for hydroxylation is 2. The summed E-state index contributed by atoms with van der Waals surface area (Å²) < 4.78 is 1.91. The summed E-state index contributed by atoms with van der Waals surface area (Å²) in [4.78, 5) is 14.6. The number of amides is 1. The van der Waals surface area contributed by atoms with Gasteiger partial charge in [-0.1, -0.05) is 0 Å². The van der Waals surface area contributed by atoms with Crippen molar-refractivity contribution >= 4 is 30.7 Å². The molecule has 0 spiro atoms. The lowest BCUT2D eigenvalue weighted by molar-refractivity contribution is -0.132. The first kappa shape index (κ1) is 21.3. The lowest BCUT2D eigenvalue weighted by atomic mass is 9.98. The van der Waals surface area contributed by atoms with E-state index in [0.717, 1.165) is 25.0 Å². The molecule has 2 bridgehead atoms. The summed E-state index contributed by atoms with van der Waals surface area (Å²) in [5.41, 5.74) is 3.46. The summed E-state index contributed by atoms with van der Waals surface area (Å²) >= 11 is 0. The van der Waals surface area contributed by atoms with Gasteiger partial charge in [0.2, 0.25) is 5.91 Å². The van der Waals surface area contributed by atoms with Crippen LogP contribution in [0.3, 0.4) is 0 Å². The van der Waals surface area contributed by atoms with Crippen LogP contribution in [0, 0.1) is 13.8 Å². The van der Waals surface area contributed by atoms with Gasteiger partial charge in [0.25, 0.3) is 0 Å². The van der Waals surface area contributed by atoms with Crippen molar-refractivity contribution in [3.8, 4) is 0 Å². The van der Waals surface area contributed by atoms with Crippen molar-refractivity contribution in [2.24, 2.45) is 7.05 Å². The third-order valence-electron chi connectivity index (χ3n) is 5.64. The van der Waals surface area contributed by atoms with Gasteiger partial charge in [0.1, 0.15) is 0 Å². The van der Waals surface area contributed by atoms with Gasteiger partial charge in [-0.3, -0.25) is 9.48 Å². The highest BCUT2D eigenvalue weighted by atomic mass is 35.5. The Bertz CT molecular complexity index is 563. The van der Waals surface area contributed by atoms with Gasteiger partial charge >= 0.3 is 0 Å². The number of nitrogens with zero attached hydrogens (tertiary/aromatic N) is 3. The molecule has 3 heterocycles. The maximum atomic E-state index is 12.6. The average molecular weight is 377 g/mol. The van der Waals surface area contributed by atoms with E-state index in [1.54, 1.807) is 0 Å². The number of fused-ring (bicyclic) bond motifs is 2. The topological polar surface area (TPSA) is 50.2 Å². The zero-order chi connectivity index (χ0) is 15.9. The Morgan fingerprint density at radius 2 is 1.83 bits per heavy atom. The molecule has 7 heteroatoms. The van der Waals surface area contributed by atoms with E-state index in [4.69, 9.17) is 0 Å². The first-order valence-corrected chi connectivity index (χ1v) is 8.46. The molecule has 24 heavy (non-hydrogen) atoms. The molecule has 2 saturated heterocycles. The van der Waals surface area contributed by atoms with Crippen LogP contribution < -0.4 is 5.32 Å². The predicted molar refractivity (Wildman–Crippen MR) is 101 cm³/mol. The molecular weight excluding hydrogens is 347 g/mol. The SMILES string of the molecule is Cc1nn(C)c(C)c1CCC(=O)N(C)C1CC2CCC(C1)N2.Cl.Cl. The van der Waals surface area contributed by atoms with Crippen LogP contribution >= 0.6 is 24.8 Å². The molecule has 1 aromatic rings. The minimum absolute atomic E-state index is 0. The van der Waals surface area contributed by atoms with E-state index in [0.29, 0.717) is 24.5 Å². The smallest absolute Gasteiger partial charge is 0.222 e. The summed E-state index contributed by atoms with van der Waals surface area (Å²) in [5.74, 6) is 0.272. The molecule has 3 rings (SSSR count). The fourth-order valence-electron chi connectivity index (χ4n) is 4.13. The Hall–Kier alpha value is -0.780. The van der Waals surface area contributed by atoms with Gasteiger partial charge in [0, 0.05) is 44.3 Å². The van der Waals surface area contributed by atoms with Crippen molar-refractivity contribution in [1.29, 1.82) is 0 Å². The first-order valence-electron chi connectivity index (χ1n) is 8.46. The average Bonchev–Trinajstić information content (AvgIpc) is 2.95. The quantitative estimate of drug-likeness (QED) is 0.878. The van der Waals surface area contributed by atoms with Crippen molar-refractivity contribution in [3.05, 3.63) is 17.0 Å². The summed E-state index contributed by atoms with van der Waals surface area (Å²) in [6.45, 7) is 4.11. The standard InChI is InChI=1S/C17H28N4O.2ClH/c1-11-16(12(2)21(4)19-11)7-8-17(22)20(3)15-9-13-5-6-14(10-15)18-13;;/h13-15,18H,5-10H2,1-4H3;2*1H. The molecule has 5 nitrogen and oxygen atoms in total. The minimum atomic E-state index is 0. The first-order chi connectivity index (χ1) is 10.5. The normalized spacial score (nSPS) is 24.9. The van der Waals surface area contributed by atoms with Gasteiger partial charge in [-0.2, -0.15) is 5.10 Å². The lowest BCUT2D eigenvalue weighted by Gasteiger charge is -2.35. The Morgan fingerprint density at radius 3 is 2.33 bits per heavy atom. The molecule has 2 atom stereocenters. The third kappa shape index (κ3) is 4.24. The van der Waals surface area contributed by atoms with Gasteiger partial charge in [0.15, 0.2) is 0 Å². The van der Waals surface area contributed by atoms with Crippen LogP contribution in [0.5, 0.6) is 0 Å². The van der Waals surface area contributed by atoms with E-state index >= 15 is 0 Å². The number of halogens is 2. The number of piperidine rings is 1. The number of aromatic nitrogens is 2. The van der Waals surface area contributed by atoms with E-state index in [9.17, 15) is 4.79 Å². The van der Waals surface area contributed by atoms with Crippen molar-refractivity contribution in [2.75, 3.05) is 7.05 Å². The van der Waals surface area contributed by atoms with Crippen molar-refractivity contribution in [3.63, 3.8) is 0 Å². The van der Waals surface area contributed by atoms with Crippen LogP contribution in [0.4, 0.5) is 0 Å². The molecule has 0 aliphatic carbocycles. The van der Waals surface area contributed by atoms with Crippen molar-refractivity contribution < 1.29 is 4.79 Å². The summed E-state index contributed by atoms with van der Waals surface area (Å²) in [6.07, 6.45) is 6.16. The maximum absolute atomic E-state index is 12.6. The highest BCUT2D eigenvalue weighted by Gasteiger charge is 2.36. The summed E-state index contributed by atoms with van der Waals surface area (Å²) in [5, 5.41) is 8.08. The van der Waals surface area contributed by atoms with Crippen LogP contribution in [0.1, 0.15) is 49.1 Å². The maximum Gasteiger partial charge on any atom is 0.222 e. The highest BCUT2D eigenvalue weighted by Crippen LogP contribution is 2.29. The van der Waals surface area contributed by atoms with Gasteiger partial charge < -0.3 is 10.2 Å². The number of hydrogen-bond donors (Lipinski definition) is 1. The molecule has 0 saturated carbocycles. The van der Waals surface area contributed by atoms with Crippen LogP contribution in [-0.2, 0) is 18.3 Å². The molecule has 138 valence electrons. The second kappa shape index (κ2) is 8.54. The van der Waals surface area contributed by atoms with E-state index in [2.05, 4.69) is 17.3 Å². The molecule has 0 aromatic carbocycles. The fourth-order valence-corrected chi connectivity index (χ4v) is 4.13. The van der Waals surface area contributed by atoms with Gasteiger partial charge in [-0.25, -0.2) is 0 Å². The Labute approximate surface area is 157 Å². The predicted octanol–water partition coefficient (Wildman–Crippen LogP) is 2.55. The Balaban J connectivity index is 0.00000144. The van der Waals surface area contributed by atoms with Gasteiger partial charge in [0.05, 0.1) is 5.69 Å². The second-order valence-corrected chi connectivity index (χ2v) is 7.04. The third-order valence-corrected chi connectivity index (χ3v) is 5.64. The van der Waals surface area contributed by atoms with Crippen LogP contribution in [0.25, 0.3) is 0 Å². The zero-order valence-corrected chi connectivity index (χ0v) is 16.7. The molecule has 2 fully saturated rings. The molecule has 1 aromatic heterocycles. The molecule has 2 aliphatic heterocycles. The second-order valence-electron chi connectivity index (χ2n) is 7.04. The molecule has 1 amide bonds. The van der Waals surface area contributed by atoms with E-state index in [-0.39, 0.29) is 30.7 Å². The number of hydrogen-bond acceptors (Lipinski definition) is 3. The van der Waals surface area contributed by atoms with Crippen LogP contribution in [-0.4, -0.2) is 45.8 Å². The number of rotatable bonds is 4. The van der Waals surface area contributed by atoms with Crippen molar-refractivity contribution in [1.82, 2.24) is 20.0 Å². The molecule has 1 N–H and O–H groups in total. The van der Waals surface area contributed by atoms with Crippen molar-refractivity contribution in [2.45, 2.75) is 70.5 Å².